The van der Waals surface area contributed by atoms with Gasteiger partial charge in [-0.25, -0.2) is 14.2 Å². The van der Waals surface area contributed by atoms with Gasteiger partial charge in [-0.3, -0.25) is 0 Å². The molecule has 0 amide bonds. The van der Waals surface area contributed by atoms with Crippen LogP contribution in [0.5, 0.6) is 0 Å². The average molecular weight is 378 g/mol. The van der Waals surface area contributed by atoms with Crippen molar-refractivity contribution in [2.75, 3.05) is 0 Å². The highest BCUT2D eigenvalue weighted by Crippen LogP contribution is 2.28. The molecule has 116 valence electrons. The quantitative estimate of drug-likeness (QED) is 0.492. The molecule has 0 unspecified atom stereocenters. The highest BCUT2D eigenvalue weighted by Gasteiger charge is 2.12. The Morgan fingerprint density at radius 3 is 2.04 bits per heavy atom. The molecule has 0 saturated heterocycles. The van der Waals surface area contributed by atoms with Crippen molar-refractivity contribution < 1.29 is 0 Å². The maximum absolute atomic E-state index is 12.6. The minimum Gasteiger partial charge on any atom is -0.245 e. The molecular formula is C19H12BrN3O. The van der Waals surface area contributed by atoms with E-state index in [0.29, 0.717) is 16.1 Å². The summed E-state index contributed by atoms with van der Waals surface area (Å²) in [5, 5.41) is 0. The summed E-state index contributed by atoms with van der Waals surface area (Å²) >= 11 is 3.53. The highest BCUT2D eigenvalue weighted by molar-refractivity contribution is 9.10. The molecule has 2 aromatic heterocycles. The molecule has 0 radical (unpaired) electrons. The SMILES string of the molecule is O=c1nc(-c2ccccc2)nc2ccc(-c3ccccc3)c(Br)n12. The average Bonchev–Trinajstić information content (AvgIpc) is 2.63. The fourth-order valence-corrected chi connectivity index (χ4v) is 3.31. The Balaban J connectivity index is 1.95. The minimum atomic E-state index is -0.358. The number of hydrogen-bond donors (Lipinski definition) is 0. The third-order valence-electron chi connectivity index (χ3n) is 3.78. The van der Waals surface area contributed by atoms with Gasteiger partial charge in [0, 0.05) is 11.1 Å². The van der Waals surface area contributed by atoms with Crippen LogP contribution in [0.15, 0.2) is 82.2 Å². The van der Waals surface area contributed by atoms with Crippen molar-refractivity contribution in [3.8, 4) is 22.5 Å². The van der Waals surface area contributed by atoms with Gasteiger partial charge < -0.3 is 0 Å². The van der Waals surface area contributed by atoms with Crippen LogP contribution in [0.1, 0.15) is 0 Å². The molecule has 0 aliphatic rings. The zero-order valence-electron chi connectivity index (χ0n) is 12.6. The molecule has 0 aliphatic heterocycles. The first kappa shape index (κ1) is 14.8. The van der Waals surface area contributed by atoms with Crippen LogP contribution in [0.4, 0.5) is 0 Å². The van der Waals surface area contributed by atoms with E-state index in [1.165, 1.54) is 4.40 Å². The lowest BCUT2D eigenvalue weighted by Gasteiger charge is -2.10. The normalized spacial score (nSPS) is 10.9. The molecule has 0 bridgehead atoms. The Morgan fingerprint density at radius 1 is 0.750 bits per heavy atom. The molecule has 0 fully saturated rings. The Labute approximate surface area is 146 Å². The second kappa shape index (κ2) is 6.02. The van der Waals surface area contributed by atoms with Crippen molar-refractivity contribution in [3.05, 3.63) is 87.9 Å². The van der Waals surface area contributed by atoms with Gasteiger partial charge in [-0.15, -0.1) is 0 Å². The predicted octanol–water partition coefficient (Wildman–Crippen LogP) is 4.19. The van der Waals surface area contributed by atoms with Crippen molar-refractivity contribution in [2.24, 2.45) is 0 Å². The lowest BCUT2D eigenvalue weighted by atomic mass is 10.1. The van der Waals surface area contributed by atoms with Crippen LogP contribution in [-0.4, -0.2) is 14.4 Å². The minimum absolute atomic E-state index is 0.358. The smallest absolute Gasteiger partial charge is 0.245 e. The maximum atomic E-state index is 12.6. The van der Waals surface area contributed by atoms with Crippen molar-refractivity contribution in [1.29, 1.82) is 0 Å². The molecule has 0 aliphatic carbocycles. The predicted molar refractivity (Wildman–Crippen MR) is 97.8 cm³/mol. The van der Waals surface area contributed by atoms with E-state index in [4.69, 9.17) is 0 Å². The van der Waals surface area contributed by atoms with Gasteiger partial charge in [0.25, 0.3) is 0 Å². The molecule has 4 nitrogen and oxygen atoms in total. The second-order valence-corrected chi connectivity index (χ2v) is 6.04. The molecule has 0 atom stereocenters. The van der Waals surface area contributed by atoms with Gasteiger partial charge >= 0.3 is 5.69 Å². The van der Waals surface area contributed by atoms with Crippen LogP contribution >= 0.6 is 15.9 Å². The van der Waals surface area contributed by atoms with E-state index >= 15 is 0 Å². The summed E-state index contributed by atoms with van der Waals surface area (Å²) in [5.74, 6) is 0.431. The van der Waals surface area contributed by atoms with E-state index in [9.17, 15) is 4.79 Å². The molecule has 2 aromatic carbocycles. The van der Waals surface area contributed by atoms with Crippen LogP contribution < -0.4 is 5.69 Å². The van der Waals surface area contributed by atoms with Gasteiger partial charge in [-0.05, 0) is 33.6 Å². The fraction of sp³-hybridized carbons (Fsp3) is 0. The van der Waals surface area contributed by atoms with E-state index < -0.39 is 0 Å². The highest BCUT2D eigenvalue weighted by atomic mass is 79.9. The van der Waals surface area contributed by atoms with Gasteiger partial charge in [0.05, 0.1) is 0 Å². The Kier molecular flexibility index (Phi) is 3.70. The summed E-state index contributed by atoms with van der Waals surface area (Å²) in [6.45, 7) is 0. The second-order valence-electron chi connectivity index (χ2n) is 5.29. The molecule has 0 saturated carbocycles. The first-order valence-corrected chi connectivity index (χ1v) is 8.23. The first-order valence-electron chi connectivity index (χ1n) is 7.44. The number of rotatable bonds is 2. The summed E-state index contributed by atoms with van der Waals surface area (Å²) in [7, 11) is 0. The Morgan fingerprint density at radius 2 is 1.38 bits per heavy atom. The number of benzene rings is 2. The van der Waals surface area contributed by atoms with Crippen LogP contribution in [0.25, 0.3) is 28.2 Å². The zero-order valence-corrected chi connectivity index (χ0v) is 14.1. The zero-order chi connectivity index (χ0) is 16.5. The van der Waals surface area contributed by atoms with Crippen LogP contribution in [0.3, 0.4) is 0 Å². The van der Waals surface area contributed by atoms with Crippen molar-refractivity contribution in [1.82, 2.24) is 14.4 Å². The largest absolute Gasteiger partial charge is 0.356 e. The number of aromatic nitrogens is 3. The lowest BCUT2D eigenvalue weighted by Crippen LogP contribution is -2.20. The molecular weight excluding hydrogens is 366 g/mol. The number of fused-ring (bicyclic) bond motifs is 1. The Bertz CT molecular complexity index is 1080. The molecule has 24 heavy (non-hydrogen) atoms. The van der Waals surface area contributed by atoms with Crippen LogP contribution in [0.2, 0.25) is 0 Å². The van der Waals surface area contributed by atoms with Crippen molar-refractivity contribution in [2.45, 2.75) is 0 Å². The fourth-order valence-electron chi connectivity index (χ4n) is 2.61. The molecule has 4 rings (SSSR count). The van der Waals surface area contributed by atoms with Gasteiger partial charge in [-0.1, -0.05) is 60.7 Å². The van der Waals surface area contributed by atoms with Gasteiger partial charge in [0.1, 0.15) is 10.3 Å². The van der Waals surface area contributed by atoms with Gasteiger partial charge in [0.15, 0.2) is 5.82 Å². The van der Waals surface area contributed by atoms with Crippen LogP contribution in [-0.2, 0) is 0 Å². The topological polar surface area (TPSA) is 47.3 Å². The lowest BCUT2D eigenvalue weighted by molar-refractivity contribution is 0.931. The summed E-state index contributed by atoms with van der Waals surface area (Å²) in [4.78, 5) is 21.2. The van der Waals surface area contributed by atoms with E-state index in [2.05, 4.69) is 25.9 Å². The number of nitrogens with zero attached hydrogens (tertiary/aromatic N) is 3. The molecule has 2 heterocycles. The molecule has 5 heteroatoms. The van der Waals surface area contributed by atoms with E-state index in [0.717, 1.165) is 16.7 Å². The Hall–Kier alpha value is -2.79. The van der Waals surface area contributed by atoms with E-state index in [1.54, 1.807) is 0 Å². The molecule has 4 aromatic rings. The molecule has 0 spiro atoms. The summed E-state index contributed by atoms with van der Waals surface area (Å²) in [5.41, 5.74) is 2.95. The number of pyridine rings is 1. The standard InChI is InChI=1S/C19H12BrN3O/c20-17-15(13-7-3-1-4-8-13)11-12-16-21-18(22-19(24)23(16)17)14-9-5-2-6-10-14/h1-12H. The summed E-state index contributed by atoms with van der Waals surface area (Å²) in [6.07, 6.45) is 0. The third kappa shape index (κ3) is 2.53. The van der Waals surface area contributed by atoms with Crippen molar-refractivity contribution >= 4 is 21.6 Å². The summed E-state index contributed by atoms with van der Waals surface area (Å²) in [6, 6.07) is 23.2. The van der Waals surface area contributed by atoms with Gasteiger partial charge in [0.2, 0.25) is 0 Å². The van der Waals surface area contributed by atoms with E-state index in [-0.39, 0.29) is 5.69 Å². The molecule has 0 N–H and O–H groups in total. The number of hydrogen-bond acceptors (Lipinski definition) is 3. The maximum Gasteiger partial charge on any atom is 0.356 e. The first-order chi connectivity index (χ1) is 11.7. The van der Waals surface area contributed by atoms with Crippen LogP contribution in [0, 0.1) is 0 Å². The van der Waals surface area contributed by atoms with E-state index in [1.807, 2.05) is 72.8 Å². The van der Waals surface area contributed by atoms with Gasteiger partial charge in [-0.2, -0.15) is 4.98 Å². The third-order valence-corrected chi connectivity index (χ3v) is 4.56. The van der Waals surface area contributed by atoms with Crippen molar-refractivity contribution in [3.63, 3.8) is 0 Å². The monoisotopic (exact) mass is 377 g/mol. The summed E-state index contributed by atoms with van der Waals surface area (Å²) < 4.78 is 2.13. The number of halogens is 1.